The molecule has 2 heterocycles. The monoisotopic (exact) mass is 431 g/mol. The molecular formula is C20H21N3O4S2. The van der Waals surface area contributed by atoms with Crippen LogP contribution in [0, 0.1) is 0 Å². The van der Waals surface area contributed by atoms with Gasteiger partial charge in [-0.25, -0.2) is 13.4 Å². The number of ether oxygens (including phenoxy) is 1. The van der Waals surface area contributed by atoms with Gasteiger partial charge in [0.1, 0.15) is 11.5 Å². The number of thiazole rings is 1. The Kier molecular flexibility index (Phi) is 5.42. The van der Waals surface area contributed by atoms with Gasteiger partial charge in [-0.05, 0) is 36.4 Å². The number of aromatic nitrogens is 1. The highest BCUT2D eigenvalue weighted by Crippen LogP contribution is 2.29. The van der Waals surface area contributed by atoms with Gasteiger partial charge in [-0.1, -0.05) is 23.5 Å². The van der Waals surface area contributed by atoms with E-state index in [-0.39, 0.29) is 10.8 Å². The fourth-order valence-electron chi connectivity index (χ4n) is 3.26. The molecule has 2 aromatic carbocycles. The summed E-state index contributed by atoms with van der Waals surface area (Å²) in [6.07, 6.45) is 0. The van der Waals surface area contributed by atoms with Crippen LogP contribution in [0.3, 0.4) is 0 Å². The number of carbonyl (C=O) groups is 1. The molecule has 0 radical (unpaired) electrons. The van der Waals surface area contributed by atoms with Crippen LogP contribution >= 0.6 is 11.3 Å². The van der Waals surface area contributed by atoms with E-state index in [1.54, 1.807) is 28.4 Å². The molecule has 152 valence electrons. The second-order valence-corrected chi connectivity index (χ2v) is 9.77. The number of fused-ring (bicyclic) bond motifs is 1. The molecule has 1 amide bonds. The van der Waals surface area contributed by atoms with Gasteiger partial charge in [-0.3, -0.25) is 4.79 Å². The second-order valence-electron chi connectivity index (χ2n) is 6.77. The van der Waals surface area contributed by atoms with Crippen LogP contribution in [0.4, 0.5) is 5.13 Å². The molecule has 1 aliphatic heterocycles. The number of amides is 1. The molecule has 0 bridgehead atoms. The summed E-state index contributed by atoms with van der Waals surface area (Å²) >= 11 is 1.63. The Hall–Kier alpha value is -2.65. The van der Waals surface area contributed by atoms with Crippen molar-refractivity contribution in [2.75, 3.05) is 43.9 Å². The lowest BCUT2D eigenvalue weighted by atomic mass is 10.3. The van der Waals surface area contributed by atoms with Crippen molar-refractivity contribution < 1.29 is 17.9 Å². The predicted octanol–water partition coefficient (Wildman–Crippen LogP) is 2.43. The highest BCUT2D eigenvalue weighted by atomic mass is 32.2. The van der Waals surface area contributed by atoms with E-state index in [0.29, 0.717) is 31.9 Å². The molecule has 1 aliphatic rings. The molecule has 0 aliphatic carbocycles. The molecule has 1 fully saturated rings. The fraction of sp³-hybridized carbons (Fsp3) is 0.300. The molecule has 0 atom stereocenters. The van der Waals surface area contributed by atoms with Gasteiger partial charge >= 0.3 is 0 Å². The Morgan fingerprint density at radius 2 is 1.76 bits per heavy atom. The maximum atomic E-state index is 12.6. The lowest BCUT2D eigenvalue weighted by molar-refractivity contribution is -0.128. The van der Waals surface area contributed by atoms with Crippen LogP contribution in [0.1, 0.15) is 0 Å². The number of anilines is 1. The Morgan fingerprint density at radius 3 is 2.41 bits per heavy atom. The van der Waals surface area contributed by atoms with Gasteiger partial charge in [-0.2, -0.15) is 0 Å². The summed E-state index contributed by atoms with van der Waals surface area (Å²) < 4.78 is 31.3. The minimum Gasteiger partial charge on any atom is -0.497 e. The molecule has 4 rings (SSSR count). The van der Waals surface area contributed by atoms with Crippen LogP contribution in [-0.4, -0.2) is 63.3 Å². The predicted molar refractivity (Wildman–Crippen MR) is 113 cm³/mol. The molecule has 1 aromatic heterocycles. The Morgan fingerprint density at radius 1 is 1.07 bits per heavy atom. The molecule has 0 N–H and O–H groups in total. The van der Waals surface area contributed by atoms with Crippen LogP contribution in [0.15, 0.2) is 53.4 Å². The number of rotatable bonds is 5. The van der Waals surface area contributed by atoms with E-state index in [9.17, 15) is 13.2 Å². The lowest BCUT2D eigenvalue weighted by Crippen LogP contribution is -2.50. The summed E-state index contributed by atoms with van der Waals surface area (Å²) in [6.45, 7) is 2.22. The van der Waals surface area contributed by atoms with E-state index >= 15 is 0 Å². The van der Waals surface area contributed by atoms with Gasteiger partial charge in [0.2, 0.25) is 5.91 Å². The number of hydrogen-bond acceptors (Lipinski definition) is 7. The van der Waals surface area contributed by atoms with Crippen molar-refractivity contribution in [1.82, 2.24) is 9.88 Å². The number of methoxy groups -OCH3 is 1. The van der Waals surface area contributed by atoms with Crippen LogP contribution < -0.4 is 9.64 Å². The number of nitrogens with zero attached hydrogens (tertiary/aromatic N) is 3. The highest BCUT2D eigenvalue weighted by molar-refractivity contribution is 7.92. The summed E-state index contributed by atoms with van der Waals surface area (Å²) in [5.41, 5.74) is 0.969. The Bertz CT molecular complexity index is 1090. The van der Waals surface area contributed by atoms with Gasteiger partial charge in [-0.15, -0.1) is 0 Å². The third-order valence-corrected chi connectivity index (χ3v) is 7.63. The van der Waals surface area contributed by atoms with Crippen molar-refractivity contribution in [3.05, 3.63) is 48.5 Å². The third-order valence-electron chi connectivity index (χ3n) is 4.92. The van der Waals surface area contributed by atoms with E-state index in [1.807, 2.05) is 24.3 Å². The number of hydrogen-bond donors (Lipinski definition) is 0. The zero-order chi connectivity index (χ0) is 20.4. The SMILES string of the molecule is COc1ccc(S(=O)(=O)CC(=O)N2CCN(c3nc4ccccc4s3)CC2)cc1. The smallest absolute Gasteiger partial charge is 0.238 e. The largest absolute Gasteiger partial charge is 0.497 e. The summed E-state index contributed by atoms with van der Waals surface area (Å²) in [7, 11) is -2.17. The van der Waals surface area contributed by atoms with Crippen LogP contribution in [0.25, 0.3) is 10.2 Å². The van der Waals surface area contributed by atoms with E-state index in [1.165, 1.54) is 19.2 Å². The zero-order valence-electron chi connectivity index (χ0n) is 15.9. The molecule has 0 saturated carbocycles. The molecule has 0 spiro atoms. The maximum absolute atomic E-state index is 12.6. The molecule has 7 nitrogen and oxygen atoms in total. The first-order valence-electron chi connectivity index (χ1n) is 9.21. The normalized spacial score (nSPS) is 14.9. The van der Waals surface area contributed by atoms with Gasteiger partial charge in [0.05, 0.1) is 22.2 Å². The molecule has 0 unspecified atom stereocenters. The number of sulfone groups is 1. The van der Waals surface area contributed by atoms with Crippen LogP contribution in [0.5, 0.6) is 5.75 Å². The fourth-order valence-corrected chi connectivity index (χ4v) is 5.51. The average molecular weight is 432 g/mol. The summed E-state index contributed by atoms with van der Waals surface area (Å²) in [6, 6.07) is 14.1. The van der Waals surface area contributed by atoms with Crippen LogP contribution in [0.2, 0.25) is 0 Å². The maximum Gasteiger partial charge on any atom is 0.238 e. The minimum atomic E-state index is -3.69. The summed E-state index contributed by atoms with van der Waals surface area (Å²) in [5.74, 6) is -0.327. The van der Waals surface area contributed by atoms with E-state index in [0.717, 1.165) is 15.3 Å². The average Bonchev–Trinajstić information content (AvgIpc) is 3.18. The van der Waals surface area contributed by atoms with Gasteiger partial charge in [0.15, 0.2) is 15.0 Å². The first kappa shape index (κ1) is 19.7. The first-order chi connectivity index (χ1) is 14.0. The van der Waals surface area contributed by atoms with Gasteiger partial charge in [0.25, 0.3) is 0 Å². The molecule has 3 aromatic rings. The van der Waals surface area contributed by atoms with Crippen molar-refractivity contribution in [3.8, 4) is 5.75 Å². The highest BCUT2D eigenvalue weighted by Gasteiger charge is 2.27. The second kappa shape index (κ2) is 8.00. The van der Waals surface area contributed by atoms with Gasteiger partial charge < -0.3 is 14.5 Å². The van der Waals surface area contributed by atoms with Crippen LogP contribution in [-0.2, 0) is 14.6 Å². The minimum absolute atomic E-state index is 0.125. The van der Waals surface area contributed by atoms with Crippen molar-refractivity contribution in [3.63, 3.8) is 0 Å². The quantitative estimate of drug-likeness (QED) is 0.617. The third kappa shape index (κ3) is 4.20. The Balaban J connectivity index is 1.38. The lowest BCUT2D eigenvalue weighted by Gasteiger charge is -2.34. The number of piperazine rings is 1. The first-order valence-corrected chi connectivity index (χ1v) is 11.7. The molecule has 29 heavy (non-hydrogen) atoms. The summed E-state index contributed by atoms with van der Waals surface area (Å²) in [5, 5.41) is 0.934. The molecular weight excluding hydrogens is 410 g/mol. The Labute approximate surface area is 173 Å². The van der Waals surface area contributed by atoms with Gasteiger partial charge in [0, 0.05) is 26.2 Å². The molecule has 1 saturated heterocycles. The molecule has 9 heteroatoms. The zero-order valence-corrected chi connectivity index (χ0v) is 17.6. The number of para-hydroxylation sites is 1. The van der Waals surface area contributed by atoms with Crippen molar-refractivity contribution in [2.24, 2.45) is 0 Å². The standard InChI is InChI=1S/C20H21N3O4S2/c1-27-15-6-8-16(9-7-15)29(25,26)14-19(24)22-10-12-23(13-11-22)20-21-17-4-2-3-5-18(17)28-20/h2-9H,10-14H2,1H3. The van der Waals surface area contributed by atoms with E-state index < -0.39 is 15.6 Å². The summed E-state index contributed by atoms with van der Waals surface area (Å²) in [4.78, 5) is 21.1. The van der Waals surface area contributed by atoms with Crippen molar-refractivity contribution >= 4 is 42.4 Å². The number of benzene rings is 2. The number of carbonyl (C=O) groups excluding carboxylic acids is 1. The van der Waals surface area contributed by atoms with Crippen molar-refractivity contribution in [2.45, 2.75) is 4.90 Å². The van der Waals surface area contributed by atoms with Crippen molar-refractivity contribution in [1.29, 1.82) is 0 Å². The van der Waals surface area contributed by atoms with E-state index in [2.05, 4.69) is 9.88 Å². The topological polar surface area (TPSA) is 79.8 Å². The van der Waals surface area contributed by atoms with E-state index in [4.69, 9.17) is 4.74 Å².